The summed E-state index contributed by atoms with van der Waals surface area (Å²) >= 11 is 0. The summed E-state index contributed by atoms with van der Waals surface area (Å²) in [4.78, 5) is 61.6. The summed E-state index contributed by atoms with van der Waals surface area (Å²) in [5.41, 5.74) is -1.01. The number of carbonyl (C=O) groups is 5. The van der Waals surface area contributed by atoms with E-state index in [1.165, 1.54) is 30.3 Å². The lowest BCUT2D eigenvalue weighted by Crippen LogP contribution is -2.37. The van der Waals surface area contributed by atoms with Crippen LogP contribution in [0, 0.1) is 0 Å². The first kappa shape index (κ1) is 30.8. The Labute approximate surface area is 253 Å². The normalized spacial score (nSPS) is 16.1. The van der Waals surface area contributed by atoms with Gasteiger partial charge in [-0.25, -0.2) is 4.79 Å². The Kier molecular flexibility index (Phi) is 8.06. The van der Waals surface area contributed by atoms with Crippen LogP contribution in [0.4, 0.5) is 0 Å². The summed E-state index contributed by atoms with van der Waals surface area (Å²) in [7, 11) is 0. The summed E-state index contributed by atoms with van der Waals surface area (Å²) in [6.45, 7) is -3.98. The van der Waals surface area contributed by atoms with E-state index in [1.807, 2.05) is 0 Å². The number of esters is 1. The predicted molar refractivity (Wildman–Crippen MR) is 149 cm³/mol. The zero-order chi connectivity index (χ0) is 32.6. The summed E-state index contributed by atoms with van der Waals surface area (Å²) in [6, 6.07) is 11.9. The van der Waals surface area contributed by atoms with Crippen LogP contribution < -0.4 is 4.74 Å². The first-order valence-electron chi connectivity index (χ1n) is 13.3. The first-order valence-corrected chi connectivity index (χ1v) is 13.3. The summed E-state index contributed by atoms with van der Waals surface area (Å²) in [6.07, 6.45) is 0. The van der Waals surface area contributed by atoms with Crippen molar-refractivity contribution < 1.29 is 64.1 Å². The third-order valence-electron chi connectivity index (χ3n) is 7.35. The maximum absolute atomic E-state index is 13.3. The van der Waals surface area contributed by atoms with Gasteiger partial charge >= 0.3 is 29.8 Å². The number of nitrogens with zero attached hydrogens (tertiary/aromatic N) is 2. The van der Waals surface area contributed by atoms with Gasteiger partial charge in [0.05, 0.1) is 37.3 Å². The van der Waals surface area contributed by atoms with E-state index in [4.69, 9.17) is 9.47 Å². The molecule has 0 saturated carbocycles. The summed E-state index contributed by atoms with van der Waals surface area (Å²) in [5.74, 6) is -7.07. The van der Waals surface area contributed by atoms with Crippen molar-refractivity contribution in [2.75, 3.05) is 26.2 Å². The molecule has 15 heteroatoms. The SMILES string of the molecule is O=C(O)CN(CC(=O)O)Cc1cc2c(c(CN(CC(=O)O)CC(=O)O)c1O)Oc1cc(O)ccc1[C@@]21OC(=O)c2ccccc21. The molecule has 3 aromatic carbocycles. The lowest BCUT2D eigenvalue weighted by Gasteiger charge is -2.38. The summed E-state index contributed by atoms with van der Waals surface area (Å²) in [5, 5.41) is 59.6. The first-order chi connectivity index (χ1) is 21.3. The third-order valence-corrected chi connectivity index (χ3v) is 7.35. The van der Waals surface area contributed by atoms with Crippen LogP contribution >= 0.6 is 0 Å². The molecular weight excluding hydrogens is 596 g/mol. The molecule has 0 saturated heterocycles. The Hall–Kier alpha value is -5.67. The number of hydrogen-bond acceptors (Lipinski definition) is 11. The minimum Gasteiger partial charge on any atom is -0.508 e. The number of phenolic OH excluding ortho intramolecular Hbond substituents is 2. The second-order valence-electron chi connectivity index (χ2n) is 10.5. The molecule has 0 aliphatic carbocycles. The molecular formula is C30H26N2O13. The third kappa shape index (κ3) is 5.81. The summed E-state index contributed by atoms with van der Waals surface area (Å²) < 4.78 is 12.3. The second-order valence-corrected chi connectivity index (χ2v) is 10.5. The Morgan fingerprint density at radius 1 is 0.711 bits per heavy atom. The van der Waals surface area contributed by atoms with Crippen molar-refractivity contribution in [3.05, 3.63) is 81.9 Å². The average Bonchev–Trinajstić information content (AvgIpc) is 3.22. The van der Waals surface area contributed by atoms with Gasteiger partial charge in [0.2, 0.25) is 0 Å². The number of rotatable bonds is 12. The van der Waals surface area contributed by atoms with Gasteiger partial charge in [-0.05, 0) is 24.3 Å². The predicted octanol–water partition coefficient (Wildman–Crippen LogP) is 1.61. The fourth-order valence-corrected chi connectivity index (χ4v) is 5.74. The molecule has 45 heavy (non-hydrogen) atoms. The average molecular weight is 623 g/mol. The molecule has 3 aromatic rings. The fraction of sp³-hybridized carbons (Fsp3) is 0.233. The van der Waals surface area contributed by atoms with Crippen LogP contribution in [-0.2, 0) is 42.6 Å². The quantitative estimate of drug-likeness (QED) is 0.158. The number of carbonyl (C=O) groups excluding carboxylic acids is 1. The zero-order valence-corrected chi connectivity index (χ0v) is 23.3. The van der Waals surface area contributed by atoms with Gasteiger partial charge in [-0.1, -0.05) is 18.2 Å². The number of ether oxygens (including phenoxy) is 2. The van der Waals surface area contributed by atoms with Gasteiger partial charge in [-0.2, -0.15) is 0 Å². The van der Waals surface area contributed by atoms with E-state index >= 15 is 0 Å². The van der Waals surface area contributed by atoms with Crippen LogP contribution in [0.3, 0.4) is 0 Å². The van der Waals surface area contributed by atoms with Crippen LogP contribution in [-0.4, -0.2) is 96.5 Å². The standard InChI is InChI=1S/C30H26N2O13/c33-16-5-6-20-22(8-16)44-28-18(10-32(13-25(38)39)14-26(40)41)27(42)15(9-31(11-23(34)35)12-24(36)37)7-21(28)30(20)19-4-2-1-3-17(19)29(43)45-30/h1-8,33,42H,9-14H2,(H,34,35)(H,36,37)(H,38,39)(H,40,41)/t30-/m1/s1. The van der Waals surface area contributed by atoms with Crippen LogP contribution in [0.25, 0.3) is 0 Å². The molecule has 0 aromatic heterocycles. The topological polar surface area (TPSA) is 232 Å². The zero-order valence-electron chi connectivity index (χ0n) is 23.3. The molecule has 234 valence electrons. The molecule has 15 nitrogen and oxygen atoms in total. The van der Waals surface area contributed by atoms with E-state index in [0.717, 1.165) is 9.80 Å². The highest BCUT2D eigenvalue weighted by atomic mass is 16.6. The fourth-order valence-electron chi connectivity index (χ4n) is 5.74. The lowest BCUT2D eigenvalue weighted by molar-refractivity contribution is -0.144. The number of hydrogen-bond donors (Lipinski definition) is 6. The minimum absolute atomic E-state index is 0.0156. The van der Waals surface area contributed by atoms with E-state index in [2.05, 4.69) is 0 Å². The van der Waals surface area contributed by atoms with Crippen LogP contribution in [0.1, 0.15) is 38.2 Å². The van der Waals surface area contributed by atoms with Crippen molar-refractivity contribution in [3.8, 4) is 23.0 Å². The van der Waals surface area contributed by atoms with Crippen molar-refractivity contribution in [1.29, 1.82) is 0 Å². The number of fused-ring (bicyclic) bond motifs is 6. The van der Waals surface area contributed by atoms with Gasteiger partial charge in [0, 0.05) is 41.4 Å². The Balaban J connectivity index is 1.80. The largest absolute Gasteiger partial charge is 0.508 e. The van der Waals surface area contributed by atoms with Crippen molar-refractivity contribution in [2.45, 2.75) is 18.7 Å². The smallest absolute Gasteiger partial charge is 0.340 e. The molecule has 1 atom stereocenters. The van der Waals surface area contributed by atoms with Gasteiger partial charge in [-0.3, -0.25) is 29.0 Å². The Morgan fingerprint density at radius 3 is 1.89 bits per heavy atom. The maximum Gasteiger partial charge on any atom is 0.340 e. The van der Waals surface area contributed by atoms with Crippen LogP contribution in [0.15, 0.2) is 48.5 Å². The van der Waals surface area contributed by atoms with Gasteiger partial charge in [0.15, 0.2) is 5.60 Å². The molecule has 5 rings (SSSR count). The molecule has 0 fully saturated rings. The minimum atomic E-state index is -1.75. The molecule has 2 aliphatic rings. The number of carboxylic acids is 4. The van der Waals surface area contributed by atoms with Crippen LogP contribution in [0.5, 0.6) is 23.0 Å². The Bertz CT molecular complexity index is 1720. The Morgan fingerprint density at radius 2 is 1.29 bits per heavy atom. The van der Waals surface area contributed by atoms with Crippen molar-refractivity contribution in [2.24, 2.45) is 0 Å². The maximum atomic E-state index is 13.3. The number of benzene rings is 3. The van der Waals surface area contributed by atoms with Crippen molar-refractivity contribution in [1.82, 2.24) is 9.80 Å². The molecule has 0 unspecified atom stereocenters. The molecule has 6 N–H and O–H groups in total. The van der Waals surface area contributed by atoms with Crippen LogP contribution in [0.2, 0.25) is 0 Å². The number of carboxylic acid groups (broad SMARTS) is 4. The molecule has 0 amide bonds. The number of aromatic hydroxyl groups is 2. The van der Waals surface area contributed by atoms with Gasteiger partial charge in [0.1, 0.15) is 23.0 Å². The van der Waals surface area contributed by atoms with E-state index in [0.29, 0.717) is 5.56 Å². The highest BCUT2D eigenvalue weighted by molar-refractivity contribution is 5.97. The van der Waals surface area contributed by atoms with Gasteiger partial charge in [0.25, 0.3) is 0 Å². The number of aliphatic carboxylic acids is 4. The van der Waals surface area contributed by atoms with Crippen molar-refractivity contribution in [3.63, 3.8) is 0 Å². The highest BCUT2D eigenvalue weighted by Gasteiger charge is 2.54. The molecule has 1 spiro atoms. The molecule has 2 aliphatic heterocycles. The lowest BCUT2D eigenvalue weighted by atomic mass is 9.76. The van der Waals surface area contributed by atoms with E-state index < -0.39 is 80.5 Å². The molecule has 0 bridgehead atoms. The van der Waals surface area contributed by atoms with E-state index in [-0.39, 0.29) is 45.1 Å². The number of phenols is 2. The molecule has 2 heterocycles. The van der Waals surface area contributed by atoms with Gasteiger partial charge < -0.3 is 40.1 Å². The van der Waals surface area contributed by atoms with Gasteiger partial charge in [-0.15, -0.1) is 0 Å². The van der Waals surface area contributed by atoms with Crippen molar-refractivity contribution >= 4 is 29.8 Å². The van der Waals surface area contributed by atoms with E-state index in [9.17, 15) is 54.6 Å². The highest BCUT2D eigenvalue weighted by Crippen LogP contribution is 2.58. The molecule has 0 radical (unpaired) electrons. The monoisotopic (exact) mass is 622 g/mol. The second kappa shape index (κ2) is 11.8. The van der Waals surface area contributed by atoms with E-state index in [1.54, 1.807) is 18.2 Å².